The van der Waals surface area contributed by atoms with Gasteiger partial charge in [-0.2, -0.15) is 10.5 Å². The molecule has 0 unspecified atom stereocenters. The van der Waals surface area contributed by atoms with Crippen molar-refractivity contribution >= 4 is 11.3 Å². The number of thiophene rings is 1. The van der Waals surface area contributed by atoms with Crippen LogP contribution in [0.3, 0.4) is 0 Å². The van der Waals surface area contributed by atoms with Gasteiger partial charge in [0.2, 0.25) is 0 Å². The first-order chi connectivity index (χ1) is 10.5. The molecule has 0 N–H and O–H groups in total. The molecule has 0 saturated heterocycles. The van der Waals surface area contributed by atoms with E-state index in [9.17, 15) is 5.26 Å². The number of benzene rings is 1. The molecule has 0 spiro atoms. The summed E-state index contributed by atoms with van der Waals surface area (Å²) in [5.74, 6) is 0.653. The Balaban J connectivity index is 2.12. The highest BCUT2D eigenvalue weighted by Gasteiger charge is 2.48. The van der Waals surface area contributed by atoms with E-state index in [1.807, 2.05) is 24.3 Å². The van der Waals surface area contributed by atoms with Crippen molar-refractivity contribution in [2.45, 2.75) is 32.6 Å². The summed E-state index contributed by atoms with van der Waals surface area (Å²) in [6.45, 7) is 6.47. The largest absolute Gasteiger partial charge is 0.197 e. The third-order valence-electron chi connectivity index (χ3n) is 4.90. The monoisotopic (exact) mass is 306 g/mol. The van der Waals surface area contributed by atoms with E-state index in [0.29, 0.717) is 17.4 Å². The smallest absolute Gasteiger partial charge is 0.0991 e. The van der Waals surface area contributed by atoms with Gasteiger partial charge in [0.15, 0.2) is 0 Å². The maximum atomic E-state index is 9.88. The summed E-state index contributed by atoms with van der Waals surface area (Å²) in [7, 11) is 0. The molecule has 0 radical (unpaired) electrons. The third kappa shape index (κ3) is 1.97. The van der Waals surface area contributed by atoms with Crippen LogP contribution < -0.4 is 0 Å². The van der Waals surface area contributed by atoms with Gasteiger partial charge in [-0.05, 0) is 47.6 Å². The average Bonchev–Trinajstić information content (AvgIpc) is 3.03. The van der Waals surface area contributed by atoms with E-state index in [1.54, 1.807) is 11.3 Å². The zero-order valence-electron chi connectivity index (χ0n) is 13.1. The summed E-state index contributed by atoms with van der Waals surface area (Å²) < 4.78 is 0. The van der Waals surface area contributed by atoms with E-state index in [2.05, 4.69) is 39.0 Å². The molecule has 0 saturated carbocycles. The Bertz CT molecular complexity index is 804. The van der Waals surface area contributed by atoms with Crippen molar-refractivity contribution in [1.29, 1.82) is 10.5 Å². The highest BCUT2D eigenvalue weighted by molar-refractivity contribution is 7.15. The van der Waals surface area contributed by atoms with Gasteiger partial charge in [0, 0.05) is 9.75 Å². The molecule has 2 atom stereocenters. The Hall–Kier alpha value is -2.10. The summed E-state index contributed by atoms with van der Waals surface area (Å²) in [6.07, 6.45) is 0.976. The maximum absolute atomic E-state index is 9.88. The molecule has 2 nitrogen and oxygen atoms in total. The molecule has 3 heteroatoms. The van der Waals surface area contributed by atoms with Crippen LogP contribution in [0, 0.1) is 34.5 Å². The Labute approximate surface area is 135 Å². The summed E-state index contributed by atoms with van der Waals surface area (Å²) in [6, 6.07) is 14.7. The number of hydrogen-bond donors (Lipinski definition) is 0. The predicted molar refractivity (Wildman–Crippen MR) is 89.5 cm³/mol. The molecule has 2 aromatic rings. The van der Waals surface area contributed by atoms with Crippen molar-refractivity contribution in [2.24, 2.45) is 11.8 Å². The molecule has 1 aromatic carbocycles. The van der Waals surface area contributed by atoms with Gasteiger partial charge in [0.1, 0.15) is 0 Å². The third-order valence-corrected chi connectivity index (χ3v) is 6.10. The van der Waals surface area contributed by atoms with E-state index in [-0.39, 0.29) is 5.41 Å². The highest BCUT2D eigenvalue weighted by Crippen LogP contribution is 2.52. The number of fused-ring (bicyclic) bond motifs is 1. The Morgan fingerprint density at radius 2 is 2.05 bits per heavy atom. The molecule has 0 amide bonds. The van der Waals surface area contributed by atoms with Gasteiger partial charge in [-0.3, -0.25) is 0 Å². The minimum atomic E-state index is -0.378. The second kappa shape index (κ2) is 5.27. The second-order valence-electron chi connectivity index (χ2n) is 6.38. The van der Waals surface area contributed by atoms with E-state index in [0.717, 1.165) is 16.9 Å². The quantitative estimate of drug-likeness (QED) is 0.792. The Morgan fingerprint density at radius 3 is 2.68 bits per heavy atom. The molecule has 1 aliphatic rings. The molecule has 1 heterocycles. The van der Waals surface area contributed by atoms with Gasteiger partial charge < -0.3 is 0 Å². The molecule has 0 bridgehead atoms. The lowest BCUT2D eigenvalue weighted by Gasteiger charge is -2.31. The van der Waals surface area contributed by atoms with Crippen molar-refractivity contribution in [3.05, 3.63) is 46.3 Å². The van der Waals surface area contributed by atoms with Gasteiger partial charge in [-0.15, -0.1) is 11.3 Å². The summed E-state index contributed by atoms with van der Waals surface area (Å²) in [5.41, 5.74) is 2.58. The van der Waals surface area contributed by atoms with E-state index >= 15 is 0 Å². The molecule has 0 aliphatic heterocycles. The summed E-state index contributed by atoms with van der Waals surface area (Å²) >= 11 is 1.77. The van der Waals surface area contributed by atoms with Crippen LogP contribution in [0.4, 0.5) is 0 Å². The number of nitrogens with zero attached hydrogens (tertiary/aromatic N) is 2. The molecule has 22 heavy (non-hydrogen) atoms. The fourth-order valence-corrected chi connectivity index (χ4v) is 5.06. The lowest BCUT2D eigenvalue weighted by atomic mass is 9.69. The predicted octanol–water partition coefficient (Wildman–Crippen LogP) is 4.90. The zero-order chi connectivity index (χ0) is 15.9. The van der Waals surface area contributed by atoms with E-state index < -0.39 is 0 Å². The molecule has 3 rings (SSSR count). The minimum absolute atomic E-state index is 0.293. The minimum Gasteiger partial charge on any atom is -0.197 e. The van der Waals surface area contributed by atoms with Crippen LogP contribution in [0.1, 0.15) is 36.8 Å². The van der Waals surface area contributed by atoms with E-state index in [4.69, 9.17) is 5.26 Å². The number of hydrogen-bond acceptors (Lipinski definition) is 3. The fraction of sp³-hybridized carbons (Fsp3) is 0.368. The topological polar surface area (TPSA) is 47.6 Å². The Kier molecular flexibility index (Phi) is 3.55. The molecular weight excluding hydrogens is 288 g/mol. The van der Waals surface area contributed by atoms with Crippen LogP contribution >= 0.6 is 11.3 Å². The SMILES string of the molecule is CC(C)[C@]1(C#N)c2cc(-c3cccc(C#N)c3)sc2C[C@H]1C. The van der Waals surface area contributed by atoms with E-state index in [1.165, 1.54) is 10.4 Å². The zero-order valence-corrected chi connectivity index (χ0v) is 13.9. The van der Waals surface area contributed by atoms with Crippen LogP contribution in [-0.2, 0) is 11.8 Å². The van der Waals surface area contributed by atoms with Crippen LogP contribution in [0.25, 0.3) is 10.4 Å². The van der Waals surface area contributed by atoms with Gasteiger partial charge in [0.05, 0.1) is 23.1 Å². The molecule has 110 valence electrons. The fourth-order valence-electron chi connectivity index (χ4n) is 3.70. The molecule has 1 aromatic heterocycles. The lowest BCUT2D eigenvalue weighted by Crippen LogP contribution is -2.34. The molecular formula is C19H18N2S. The van der Waals surface area contributed by atoms with Crippen LogP contribution in [0.2, 0.25) is 0 Å². The van der Waals surface area contributed by atoms with Gasteiger partial charge in [-0.1, -0.05) is 32.9 Å². The molecule has 1 aliphatic carbocycles. The lowest BCUT2D eigenvalue weighted by molar-refractivity contribution is 0.302. The standard InChI is InChI=1S/C19H18N2S/c1-12(2)19(11-21)13(3)7-18-16(19)9-17(22-18)15-6-4-5-14(8-15)10-20/h4-6,8-9,12-13H,7H2,1-3H3/t13-,19+/m1/s1. The van der Waals surface area contributed by atoms with Crippen LogP contribution in [-0.4, -0.2) is 0 Å². The van der Waals surface area contributed by atoms with Crippen molar-refractivity contribution in [3.8, 4) is 22.6 Å². The van der Waals surface area contributed by atoms with Gasteiger partial charge >= 0.3 is 0 Å². The number of nitriles is 2. The maximum Gasteiger partial charge on any atom is 0.0991 e. The van der Waals surface area contributed by atoms with Crippen molar-refractivity contribution in [3.63, 3.8) is 0 Å². The van der Waals surface area contributed by atoms with Crippen molar-refractivity contribution < 1.29 is 0 Å². The van der Waals surface area contributed by atoms with Gasteiger partial charge in [0.25, 0.3) is 0 Å². The number of rotatable bonds is 2. The summed E-state index contributed by atoms with van der Waals surface area (Å²) in [4.78, 5) is 2.49. The first-order valence-corrected chi connectivity index (χ1v) is 8.39. The Morgan fingerprint density at radius 1 is 1.27 bits per heavy atom. The first kappa shape index (κ1) is 14.8. The summed E-state index contributed by atoms with van der Waals surface area (Å²) in [5, 5.41) is 18.9. The van der Waals surface area contributed by atoms with Crippen molar-refractivity contribution in [1.82, 2.24) is 0 Å². The van der Waals surface area contributed by atoms with Crippen LogP contribution in [0.15, 0.2) is 30.3 Å². The molecule has 0 fully saturated rings. The van der Waals surface area contributed by atoms with Gasteiger partial charge in [-0.25, -0.2) is 0 Å². The van der Waals surface area contributed by atoms with Crippen molar-refractivity contribution in [2.75, 3.05) is 0 Å². The second-order valence-corrected chi connectivity index (χ2v) is 7.52. The van der Waals surface area contributed by atoms with Crippen LogP contribution in [0.5, 0.6) is 0 Å². The highest BCUT2D eigenvalue weighted by atomic mass is 32.1. The first-order valence-electron chi connectivity index (χ1n) is 7.58. The average molecular weight is 306 g/mol. The normalized spacial score (nSPS) is 23.1.